The van der Waals surface area contributed by atoms with Crippen LogP contribution < -0.4 is 10.0 Å². The number of aryl methyl sites for hydroxylation is 1. The van der Waals surface area contributed by atoms with Crippen LogP contribution in [-0.4, -0.2) is 54.3 Å². The van der Waals surface area contributed by atoms with Gasteiger partial charge in [-0.1, -0.05) is 35.9 Å². The molecule has 2 aromatic carbocycles. The minimum atomic E-state index is -3.57. The second-order valence-electron chi connectivity index (χ2n) is 10.5. The zero-order valence-electron chi connectivity index (χ0n) is 22.6. The maximum absolute atomic E-state index is 14.2. The zero-order chi connectivity index (χ0) is 27.4. The number of anilines is 2. The van der Waals surface area contributed by atoms with E-state index in [2.05, 4.69) is 34.9 Å². The average molecular weight is 535 g/mol. The van der Waals surface area contributed by atoms with Gasteiger partial charge in [0.2, 0.25) is 10.0 Å². The van der Waals surface area contributed by atoms with E-state index in [1.54, 1.807) is 18.2 Å². The Kier molecular flexibility index (Phi) is 6.56. The molecule has 0 spiro atoms. The number of rotatable bonds is 5. The molecule has 9 nitrogen and oxygen atoms in total. The Morgan fingerprint density at radius 3 is 2.47 bits per heavy atom. The van der Waals surface area contributed by atoms with Crippen LogP contribution in [0.3, 0.4) is 0 Å². The van der Waals surface area contributed by atoms with Crippen LogP contribution in [0, 0.1) is 6.92 Å². The Morgan fingerprint density at radius 1 is 1.08 bits per heavy atom. The highest BCUT2D eigenvalue weighted by Gasteiger charge is 2.36. The van der Waals surface area contributed by atoms with E-state index < -0.39 is 10.0 Å². The average Bonchev–Trinajstić information content (AvgIpc) is 3.26. The fourth-order valence-corrected chi connectivity index (χ4v) is 5.99. The number of carbonyl (C=O) groups is 1. The lowest BCUT2D eigenvalue weighted by atomic mass is 9.91. The molecule has 0 radical (unpaired) electrons. The Bertz CT molecular complexity index is 1560. The fourth-order valence-electron chi connectivity index (χ4n) is 5.41. The minimum absolute atomic E-state index is 0.0395. The number of amides is 1. The molecule has 38 heavy (non-hydrogen) atoms. The van der Waals surface area contributed by atoms with E-state index in [4.69, 9.17) is 5.10 Å². The van der Waals surface area contributed by atoms with Crippen LogP contribution in [0.5, 0.6) is 0 Å². The summed E-state index contributed by atoms with van der Waals surface area (Å²) in [6.45, 7) is 6.44. The first-order valence-corrected chi connectivity index (χ1v) is 14.5. The molecule has 1 aromatic heterocycles. The van der Waals surface area contributed by atoms with E-state index in [-0.39, 0.29) is 23.8 Å². The molecule has 200 valence electrons. The maximum atomic E-state index is 14.2. The molecule has 0 fully saturated rings. The van der Waals surface area contributed by atoms with Crippen LogP contribution in [0.4, 0.5) is 11.5 Å². The molecule has 0 saturated carbocycles. The van der Waals surface area contributed by atoms with E-state index >= 15 is 0 Å². The first-order chi connectivity index (χ1) is 17.9. The molecule has 0 bridgehead atoms. The summed E-state index contributed by atoms with van der Waals surface area (Å²) in [6, 6.07) is 15.0. The van der Waals surface area contributed by atoms with Crippen LogP contribution in [0.2, 0.25) is 0 Å². The monoisotopic (exact) mass is 534 g/mol. The highest BCUT2D eigenvalue weighted by molar-refractivity contribution is 7.92. The quantitative estimate of drug-likeness (QED) is 0.507. The lowest BCUT2D eigenvalue weighted by molar-refractivity contribution is 0.0632. The number of aromatic nitrogens is 2. The summed E-state index contributed by atoms with van der Waals surface area (Å²) in [5.41, 5.74) is 6.76. The van der Waals surface area contributed by atoms with Gasteiger partial charge in [-0.25, -0.2) is 13.1 Å². The summed E-state index contributed by atoms with van der Waals surface area (Å²) in [4.78, 5) is 18.1. The predicted molar refractivity (Wildman–Crippen MR) is 149 cm³/mol. The van der Waals surface area contributed by atoms with E-state index in [0.717, 1.165) is 34.6 Å². The number of benzene rings is 2. The Balaban J connectivity index is 1.60. The van der Waals surface area contributed by atoms with Gasteiger partial charge in [0.25, 0.3) is 5.91 Å². The molecule has 1 unspecified atom stereocenters. The Hall–Kier alpha value is -3.63. The fraction of sp³-hybridized carbons (Fsp3) is 0.357. The Labute approximate surface area is 224 Å². The summed E-state index contributed by atoms with van der Waals surface area (Å²) in [5, 5.41) is 8.50. The molecule has 2 aliphatic rings. The summed E-state index contributed by atoms with van der Waals surface area (Å²) in [7, 11) is 0.481. The van der Waals surface area contributed by atoms with Crippen LogP contribution in [-0.2, 0) is 23.0 Å². The van der Waals surface area contributed by atoms with Gasteiger partial charge in [0, 0.05) is 18.3 Å². The highest BCUT2D eigenvalue weighted by Crippen LogP contribution is 2.39. The number of hydrogen-bond acceptors (Lipinski definition) is 6. The van der Waals surface area contributed by atoms with Gasteiger partial charge < -0.3 is 10.2 Å². The molecule has 2 atom stereocenters. The number of hydrogen-bond donors (Lipinski definition) is 2. The van der Waals surface area contributed by atoms with Gasteiger partial charge in [-0.05, 0) is 70.1 Å². The van der Waals surface area contributed by atoms with Crippen molar-refractivity contribution in [1.29, 1.82) is 0 Å². The van der Waals surface area contributed by atoms with E-state index in [0.29, 0.717) is 18.5 Å². The van der Waals surface area contributed by atoms with Crippen molar-refractivity contribution in [3.63, 3.8) is 0 Å². The summed E-state index contributed by atoms with van der Waals surface area (Å²) < 4.78 is 28.6. The lowest BCUT2D eigenvalue weighted by Crippen LogP contribution is -2.39. The highest BCUT2D eigenvalue weighted by atomic mass is 32.2. The second-order valence-corrected chi connectivity index (χ2v) is 12.3. The van der Waals surface area contributed by atoms with Gasteiger partial charge in [-0.2, -0.15) is 5.10 Å². The number of nitrogens with zero attached hydrogens (tertiary/aromatic N) is 4. The topological polar surface area (TPSA) is 99.6 Å². The van der Waals surface area contributed by atoms with Gasteiger partial charge in [0.15, 0.2) is 0 Å². The van der Waals surface area contributed by atoms with Crippen molar-refractivity contribution in [2.75, 3.05) is 30.4 Å². The Morgan fingerprint density at radius 2 is 1.79 bits per heavy atom. The molecule has 0 saturated heterocycles. The van der Waals surface area contributed by atoms with Crippen molar-refractivity contribution in [2.24, 2.45) is 0 Å². The molecular formula is C28H34N6O3S. The van der Waals surface area contributed by atoms with E-state index in [1.165, 1.54) is 11.1 Å². The van der Waals surface area contributed by atoms with Crippen molar-refractivity contribution in [3.05, 3.63) is 87.7 Å². The number of nitrogens with one attached hydrogen (secondary N) is 2. The molecule has 1 amide bonds. The summed E-state index contributed by atoms with van der Waals surface area (Å²) in [5.74, 6) is 0.635. The molecule has 3 aromatic rings. The van der Waals surface area contributed by atoms with Gasteiger partial charge >= 0.3 is 0 Å². The third kappa shape index (κ3) is 4.81. The third-order valence-electron chi connectivity index (χ3n) is 7.32. The van der Waals surface area contributed by atoms with Crippen LogP contribution in [0.15, 0.2) is 59.8 Å². The number of carbonyl (C=O) groups excluding carboxylic acids is 1. The molecule has 0 aliphatic carbocycles. The maximum Gasteiger partial charge on any atom is 0.256 e. The van der Waals surface area contributed by atoms with Crippen LogP contribution in [0.25, 0.3) is 0 Å². The van der Waals surface area contributed by atoms with Gasteiger partial charge in [0.05, 0.1) is 29.2 Å². The van der Waals surface area contributed by atoms with Crippen molar-refractivity contribution >= 4 is 27.4 Å². The summed E-state index contributed by atoms with van der Waals surface area (Å²) >= 11 is 0. The minimum Gasteiger partial charge on any atom is -0.344 e. The first-order valence-electron chi connectivity index (χ1n) is 12.6. The van der Waals surface area contributed by atoms with Crippen molar-refractivity contribution in [2.45, 2.75) is 45.9 Å². The second kappa shape index (κ2) is 9.59. The van der Waals surface area contributed by atoms with Crippen LogP contribution >= 0.6 is 0 Å². The normalized spacial score (nSPS) is 19.2. The third-order valence-corrected chi connectivity index (χ3v) is 7.91. The SMILES string of the molecule is CC1=C(C)C(N(C)C)n2nc([C@@H]3Cc4ccccc4CN3C(=O)c3cc(C)ccc3NS(C)(=O)=O)cc2N1. The van der Waals surface area contributed by atoms with E-state index in [9.17, 15) is 13.2 Å². The largest absolute Gasteiger partial charge is 0.344 e. The number of allylic oxidation sites excluding steroid dienone is 1. The smallest absolute Gasteiger partial charge is 0.256 e. The number of likely N-dealkylation sites (N-methyl/N-ethyl adjacent to an activating group) is 1. The molecule has 2 aliphatic heterocycles. The zero-order valence-corrected chi connectivity index (χ0v) is 23.4. The van der Waals surface area contributed by atoms with E-state index in [1.807, 2.05) is 54.9 Å². The predicted octanol–water partition coefficient (Wildman–Crippen LogP) is 4.28. The number of fused-ring (bicyclic) bond motifs is 2. The summed E-state index contributed by atoms with van der Waals surface area (Å²) in [6.07, 6.45) is 1.65. The van der Waals surface area contributed by atoms with Gasteiger partial charge in [-0.15, -0.1) is 0 Å². The van der Waals surface area contributed by atoms with Crippen molar-refractivity contribution < 1.29 is 13.2 Å². The lowest BCUT2D eigenvalue weighted by Gasteiger charge is -2.36. The molecule has 10 heteroatoms. The first kappa shape index (κ1) is 26.0. The molecule has 2 N–H and O–H groups in total. The molecule has 5 rings (SSSR count). The standard InChI is InChI=1S/C28H34N6O3S/c1-17-11-12-23(31-38(6,36)37)22(13-17)28(35)33-16-21-10-8-7-9-20(21)14-25(33)24-15-26-29-19(3)18(2)27(32(4)5)34(26)30-24/h7-13,15,25,27,29,31H,14,16H2,1-6H3/t25-,27?/m0/s1. The van der Waals surface area contributed by atoms with Gasteiger partial charge in [0.1, 0.15) is 12.0 Å². The molecular weight excluding hydrogens is 500 g/mol. The number of sulfonamides is 1. The van der Waals surface area contributed by atoms with Crippen molar-refractivity contribution in [3.8, 4) is 0 Å². The van der Waals surface area contributed by atoms with Gasteiger partial charge in [-0.3, -0.25) is 14.4 Å². The molecule has 3 heterocycles. The van der Waals surface area contributed by atoms with Crippen LogP contribution in [0.1, 0.15) is 58.8 Å². The van der Waals surface area contributed by atoms with Crippen molar-refractivity contribution in [1.82, 2.24) is 19.6 Å².